The molecule has 0 saturated heterocycles. The van der Waals surface area contributed by atoms with Crippen LogP contribution < -0.4 is 14.8 Å². The summed E-state index contributed by atoms with van der Waals surface area (Å²) in [5.74, 6) is 2.23. The Bertz CT molecular complexity index is 518. The van der Waals surface area contributed by atoms with E-state index in [1.54, 1.807) is 6.08 Å². The number of hydrogen-bond donors (Lipinski definition) is 1. The predicted molar refractivity (Wildman–Crippen MR) is 95.4 cm³/mol. The number of halogens is 1. The Balaban J connectivity index is 2.08. The summed E-state index contributed by atoms with van der Waals surface area (Å²) in [6.07, 6.45) is 7.08. The van der Waals surface area contributed by atoms with E-state index in [1.807, 2.05) is 19.1 Å². The van der Waals surface area contributed by atoms with Gasteiger partial charge in [0.1, 0.15) is 13.2 Å². The van der Waals surface area contributed by atoms with Crippen molar-refractivity contribution in [3.05, 3.63) is 35.4 Å². The maximum absolute atomic E-state index is 6.45. The minimum Gasteiger partial charge on any atom is -0.490 e. The van der Waals surface area contributed by atoms with Gasteiger partial charge in [-0.25, -0.2) is 0 Å². The van der Waals surface area contributed by atoms with E-state index in [2.05, 4.69) is 18.8 Å². The van der Waals surface area contributed by atoms with E-state index in [0.717, 1.165) is 28.8 Å². The highest BCUT2D eigenvalue weighted by Crippen LogP contribution is 2.33. The van der Waals surface area contributed by atoms with Crippen LogP contribution in [0.2, 0.25) is 5.02 Å². The Hall–Kier alpha value is -1.19. The maximum Gasteiger partial charge on any atom is 0.163 e. The normalized spacial score (nSPS) is 21.0. The van der Waals surface area contributed by atoms with E-state index < -0.39 is 0 Å². The van der Waals surface area contributed by atoms with Crippen LogP contribution in [-0.4, -0.2) is 19.3 Å². The summed E-state index contributed by atoms with van der Waals surface area (Å²) in [6, 6.07) is 4.59. The first-order valence-corrected chi connectivity index (χ1v) is 9.05. The number of nitrogens with two attached hydrogens (primary N) is 1. The van der Waals surface area contributed by atoms with Crippen molar-refractivity contribution < 1.29 is 14.8 Å². The molecule has 1 fully saturated rings. The summed E-state index contributed by atoms with van der Waals surface area (Å²) in [6.45, 7) is 9.95. The molecule has 1 aliphatic rings. The highest BCUT2D eigenvalue weighted by atomic mass is 35.5. The molecule has 0 aliphatic heterocycles. The average Bonchev–Trinajstić information content (AvgIpc) is 2.55. The van der Waals surface area contributed by atoms with Crippen molar-refractivity contribution in [2.45, 2.75) is 52.1 Å². The third kappa shape index (κ3) is 5.15. The van der Waals surface area contributed by atoms with Crippen LogP contribution in [0.3, 0.4) is 0 Å². The Morgan fingerprint density at radius 2 is 2.00 bits per heavy atom. The highest BCUT2D eigenvalue weighted by molar-refractivity contribution is 6.31. The van der Waals surface area contributed by atoms with Crippen LogP contribution in [0.25, 0.3) is 0 Å². The Morgan fingerprint density at radius 1 is 1.26 bits per heavy atom. The summed E-state index contributed by atoms with van der Waals surface area (Å²) in [7, 11) is 0. The second-order valence-corrected chi connectivity index (χ2v) is 6.70. The number of rotatable bonds is 8. The van der Waals surface area contributed by atoms with Crippen molar-refractivity contribution in [3.63, 3.8) is 0 Å². The second-order valence-electron chi connectivity index (χ2n) is 6.29. The van der Waals surface area contributed by atoms with Crippen molar-refractivity contribution in [3.8, 4) is 11.5 Å². The number of ether oxygens (including phenoxy) is 2. The maximum atomic E-state index is 6.45. The molecule has 1 aromatic rings. The van der Waals surface area contributed by atoms with E-state index in [4.69, 9.17) is 21.1 Å². The zero-order valence-corrected chi connectivity index (χ0v) is 15.1. The Labute approximate surface area is 145 Å². The van der Waals surface area contributed by atoms with Crippen molar-refractivity contribution in [2.75, 3.05) is 13.2 Å². The molecule has 128 valence electrons. The van der Waals surface area contributed by atoms with Crippen molar-refractivity contribution in [1.29, 1.82) is 0 Å². The standard InChI is InChI=1S/C19H28ClNO2/c1-4-10-23-19-12-16(20)15(11-18(19)22-5-2)13-21-17-9-7-6-8-14(17)3/h4,11-12,14,17,21H,1,5-10,13H2,2-3H3/p+1/t14-,17-/m1/s1. The van der Waals surface area contributed by atoms with Crippen LogP contribution in [0.15, 0.2) is 24.8 Å². The smallest absolute Gasteiger partial charge is 0.163 e. The fourth-order valence-electron chi connectivity index (χ4n) is 3.24. The molecule has 4 heteroatoms. The van der Waals surface area contributed by atoms with Crippen molar-refractivity contribution in [2.24, 2.45) is 5.92 Å². The third-order valence-electron chi connectivity index (χ3n) is 4.59. The molecule has 3 nitrogen and oxygen atoms in total. The predicted octanol–water partition coefficient (Wildman–Crippen LogP) is 3.95. The van der Waals surface area contributed by atoms with Gasteiger partial charge in [0.15, 0.2) is 11.5 Å². The van der Waals surface area contributed by atoms with Gasteiger partial charge < -0.3 is 14.8 Å². The Morgan fingerprint density at radius 3 is 2.70 bits per heavy atom. The molecule has 0 bridgehead atoms. The second kappa shape index (κ2) is 9.19. The average molecular weight is 339 g/mol. The monoisotopic (exact) mass is 338 g/mol. The summed E-state index contributed by atoms with van der Waals surface area (Å²) in [5.41, 5.74) is 1.11. The van der Waals surface area contributed by atoms with Gasteiger partial charge in [-0.1, -0.05) is 37.6 Å². The summed E-state index contributed by atoms with van der Waals surface area (Å²) in [4.78, 5) is 0. The molecule has 1 aromatic carbocycles. The van der Waals surface area contributed by atoms with Gasteiger partial charge in [-0.15, -0.1) is 0 Å². The van der Waals surface area contributed by atoms with E-state index in [-0.39, 0.29) is 0 Å². The first kappa shape index (κ1) is 18.2. The summed E-state index contributed by atoms with van der Waals surface area (Å²) < 4.78 is 11.4. The molecular formula is C19H29ClNO2+. The van der Waals surface area contributed by atoms with Gasteiger partial charge in [-0.2, -0.15) is 0 Å². The van der Waals surface area contributed by atoms with Gasteiger partial charge in [0.05, 0.1) is 17.7 Å². The topological polar surface area (TPSA) is 35.1 Å². The van der Waals surface area contributed by atoms with Crippen LogP contribution >= 0.6 is 11.6 Å². The van der Waals surface area contributed by atoms with Gasteiger partial charge >= 0.3 is 0 Å². The molecule has 1 aliphatic carbocycles. The third-order valence-corrected chi connectivity index (χ3v) is 4.94. The molecule has 0 radical (unpaired) electrons. The van der Waals surface area contributed by atoms with E-state index in [1.165, 1.54) is 25.7 Å². The van der Waals surface area contributed by atoms with Gasteiger partial charge in [0.2, 0.25) is 0 Å². The lowest BCUT2D eigenvalue weighted by atomic mass is 9.86. The van der Waals surface area contributed by atoms with E-state index in [0.29, 0.717) is 25.0 Å². The SMILES string of the molecule is C=CCOc1cc(Cl)c(C[NH2+][C@@H]2CCCC[C@H]2C)cc1OCC. The number of quaternary nitrogens is 1. The fourth-order valence-corrected chi connectivity index (χ4v) is 3.47. The summed E-state index contributed by atoms with van der Waals surface area (Å²) in [5, 5.41) is 3.18. The lowest BCUT2D eigenvalue weighted by molar-refractivity contribution is -0.712. The number of hydrogen-bond acceptors (Lipinski definition) is 2. The largest absolute Gasteiger partial charge is 0.490 e. The van der Waals surface area contributed by atoms with E-state index in [9.17, 15) is 0 Å². The van der Waals surface area contributed by atoms with Gasteiger partial charge in [-0.05, 0) is 32.3 Å². The molecule has 0 unspecified atom stereocenters. The van der Waals surface area contributed by atoms with Crippen molar-refractivity contribution in [1.82, 2.24) is 0 Å². The molecule has 2 rings (SSSR count). The lowest BCUT2D eigenvalue weighted by Crippen LogP contribution is -2.90. The van der Waals surface area contributed by atoms with Crippen LogP contribution in [0.1, 0.15) is 45.1 Å². The van der Waals surface area contributed by atoms with Gasteiger partial charge in [0.25, 0.3) is 0 Å². The molecule has 0 spiro atoms. The highest BCUT2D eigenvalue weighted by Gasteiger charge is 2.24. The summed E-state index contributed by atoms with van der Waals surface area (Å²) >= 11 is 6.45. The molecule has 2 atom stereocenters. The van der Waals surface area contributed by atoms with Crippen LogP contribution in [0, 0.1) is 5.92 Å². The first-order valence-electron chi connectivity index (χ1n) is 8.68. The molecule has 2 N–H and O–H groups in total. The van der Waals surface area contributed by atoms with Gasteiger partial charge in [0, 0.05) is 17.5 Å². The van der Waals surface area contributed by atoms with Crippen LogP contribution in [0.5, 0.6) is 11.5 Å². The first-order chi connectivity index (χ1) is 11.2. The molecule has 23 heavy (non-hydrogen) atoms. The molecule has 0 amide bonds. The minimum atomic E-state index is 0.446. The Kier molecular flexibility index (Phi) is 7.25. The van der Waals surface area contributed by atoms with E-state index >= 15 is 0 Å². The minimum absolute atomic E-state index is 0.446. The molecule has 0 heterocycles. The van der Waals surface area contributed by atoms with Crippen LogP contribution in [0.4, 0.5) is 0 Å². The molecule has 0 aromatic heterocycles. The quantitative estimate of drug-likeness (QED) is 0.728. The molecular weight excluding hydrogens is 310 g/mol. The molecule has 1 saturated carbocycles. The van der Waals surface area contributed by atoms with Crippen molar-refractivity contribution >= 4 is 11.6 Å². The lowest BCUT2D eigenvalue weighted by Gasteiger charge is -2.27. The van der Waals surface area contributed by atoms with Gasteiger partial charge in [-0.3, -0.25) is 0 Å². The zero-order valence-electron chi connectivity index (χ0n) is 14.3. The fraction of sp³-hybridized carbons (Fsp3) is 0.579. The van der Waals surface area contributed by atoms with Crippen LogP contribution in [-0.2, 0) is 6.54 Å². The zero-order chi connectivity index (χ0) is 16.7. The number of benzene rings is 1.